The van der Waals surface area contributed by atoms with Gasteiger partial charge in [-0.1, -0.05) is 6.07 Å². The zero-order chi connectivity index (χ0) is 14.0. The number of hydrogen-bond acceptors (Lipinski definition) is 4. The van der Waals surface area contributed by atoms with Crippen molar-refractivity contribution in [3.8, 4) is 0 Å². The minimum atomic E-state index is -4.10. The van der Waals surface area contributed by atoms with Gasteiger partial charge in [-0.25, -0.2) is 9.37 Å². The van der Waals surface area contributed by atoms with Crippen LogP contribution in [0.25, 0.3) is 0 Å². The van der Waals surface area contributed by atoms with Gasteiger partial charge in [-0.05, 0) is 36.8 Å². The summed E-state index contributed by atoms with van der Waals surface area (Å²) >= 11 is 0. The molecule has 19 heavy (non-hydrogen) atoms. The van der Waals surface area contributed by atoms with E-state index in [1.807, 2.05) is 6.92 Å². The molecule has 2 rings (SSSR count). The maximum absolute atomic E-state index is 13.4. The second kappa shape index (κ2) is 4.85. The smallest absolute Gasteiger partial charge is 0.282 e. The molecule has 0 fully saturated rings. The molecule has 5 nitrogen and oxygen atoms in total. The normalized spacial score (nSPS) is 11.3. The van der Waals surface area contributed by atoms with Gasteiger partial charge in [-0.2, -0.15) is 8.42 Å². The van der Waals surface area contributed by atoms with Crippen LogP contribution in [0.5, 0.6) is 0 Å². The molecule has 1 aromatic heterocycles. The number of pyridine rings is 1. The number of halogens is 1. The van der Waals surface area contributed by atoms with Gasteiger partial charge in [-0.15, -0.1) is 0 Å². The summed E-state index contributed by atoms with van der Waals surface area (Å²) in [6.45, 7) is 1.83. The maximum Gasteiger partial charge on any atom is 0.282 e. The number of rotatable bonds is 3. The van der Waals surface area contributed by atoms with E-state index >= 15 is 0 Å². The van der Waals surface area contributed by atoms with Crippen LogP contribution < -0.4 is 10.5 Å². The summed E-state index contributed by atoms with van der Waals surface area (Å²) in [7, 11) is -4.10. The Morgan fingerprint density at radius 2 is 2.05 bits per heavy atom. The van der Waals surface area contributed by atoms with Gasteiger partial charge in [0.15, 0.2) is 5.82 Å². The van der Waals surface area contributed by atoms with Crippen LogP contribution in [0.15, 0.2) is 41.6 Å². The van der Waals surface area contributed by atoms with Crippen molar-refractivity contribution in [2.24, 2.45) is 0 Å². The molecular formula is C12H12FN3O2S. The van der Waals surface area contributed by atoms with Gasteiger partial charge < -0.3 is 5.73 Å². The van der Waals surface area contributed by atoms with Crippen molar-refractivity contribution in [1.29, 1.82) is 0 Å². The number of benzene rings is 1. The Balaban J connectivity index is 2.40. The van der Waals surface area contributed by atoms with Crippen molar-refractivity contribution in [3.05, 3.63) is 47.9 Å². The minimum Gasteiger partial charge on any atom is -0.397 e. The van der Waals surface area contributed by atoms with Gasteiger partial charge in [0.2, 0.25) is 5.03 Å². The molecule has 0 amide bonds. The Morgan fingerprint density at radius 3 is 2.68 bits per heavy atom. The maximum atomic E-state index is 13.4. The number of anilines is 2. The number of aromatic nitrogens is 1. The fraction of sp³-hybridized carbons (Fsp3) is 0.0833. The summed E-state index contributed by atoms with van der Waals surface area (Å²) in [5.74, 6) is -0.916. The van der Waals surface area contributed by atoms with Crippen LogP contribution in [0, 0.1) is 12.7 Å². The van der Waals surface area contributed by atoms with E-state index in [1.165, 1.54) is 18.3 Å². The van der Waals surface area contributed by atoms with Crippen LogP contribution in [0.3, 0.4) is 0 Å². The summed E-state index contributed by atoms with van der Waals surface area (Å²) in [5.41, 5.74) is 7.05. The largest absolute Gasteiger partial charge is 0.397 e. The molecule has 0 saturated heterocycles. The Morgan fingerprint density at radius 1 is 1.32 bits per heavy atom. The molecule has 0 unspecified atom stereocenters. The Hall–Kier alpha value is -2.15. The minimum absolute atomic E-state index is 0.190. The van der Waals surface area contributed by atoms with E-state index in [2.05, 4.69) is 9.71 Å². The molecule has 2 aromatic rings. The number of sulfonamides is 1. The first-order valence-corrected chi connectivity index (χ1v) is 6.88. The van der Waals surface area contributed by atoms with Crippen molar-refractivity contribution in [1.82, 2.24) is 4.98 Å². The van der Waals surface area contributed by atoms with Crippen LogP contribution in [0.1, 0.15) is 5.56 Å². The van der Waals surface area contributed by atoms with Crippen LogP contribution in [0.4, 0.5) is 15.8 Å². The molecule has 0 aliphatic rings. The van der Waals surface area contributed by atoms with E-state index in [-0.39, 0.29) is 11.4 Å². The topological polar surface area (TPSA) is 85.1 Å². The third-order valence-corrected chi connectivity index (χ3v) is 3.73. The number of aryl methyl sites for hydroxylation is 1. The highest BCUT2D eigenvalue weighted by atomic mass is 32.2. The molecule has 100 valence electrons. The lowest BCUT2D eigenvalue weighted by Gasteiger charge is -2.10. The summed E-state index contributed by atoms with van der Waals surface area (Å²) in [6.07, 6.45) is 1.20. The lowest BCUT2D eigenvalue weighted by atomic mass is 10.2. The second-order valence-corrected chi connectivity index (χ2v) is 5.58. The number of nitrogen functional groups attached to an aromatic ring is 1. The molecule has 0 aliphatic heterocycles. The summed E-state index contributed by atoms with van der Waals surface area (Å²) in [5, 5.41) is -0.657. The molecule has 0 aliphatic carbocycles. The van der Waals surface area contributed by atoms with E-state index in [4.69, 9.17) is 5.73 Å². The van der Waals surface area contributed by atoms with Crippen LogP contribution >= 0.6 is 0 Å². The first-order valence-electron chi connectivity index (χ1n) is 5.39. The van der Waals surface area contributed by atoms with E-state index in [1.54, 1.807) is 12.1 Å². The van der Waals surface area contributed by atoms with Gasteiger partial charge in [0.05, 0.1) is 11.4 Å². The third kappa shape index (κ3) is 2.82. The first kappa shape index (κ1) is 13.3. The quantitative estimate of drug-likeness (QED) is 0.842. The highest BCUT2D eigenvalue weighted by molar-refractivity contribution is 7.92. The zero-order valence-electron chi connectivity index (χ0n) is 10.1. The molecule has 1 heterocycles. The monoisotopic (exact) mass is 281 g/mol. The standard InChI is InChI=1S/C12H12FN3O2S/c1-8-4-5-11(10(14)7-8)16-19(17,18)12-9(13)3-2-6-15-12/h2-7,16H,14H2,1H3. The number of nitrogens with zero attached hydrogens (tertiary/aromatic N) is 1. The lowest BCUT2D eigenvalue weighted by molar-refractivity contribution is 0.557. The van der Waals surface area contributed by atoms with E-state index in [0.29, 0.717) is 0 Å². The predicted octanol–water partition coefficient (Wildman–Crippen LogP) is 1.91. The Bertz CT molecular complexity index is 717. The van der Waals surface area contributed by atoms with E-state index in [9.17, 15) is 12.8 Å². The molecule has 0 radical (unpaired) electrons. The van der Waals surface area contributed by atoms with Crippen molar-refractivity contribution < 1.29 is 12.8 Å². The first-order chi connectivity index (χ1) is 8.90. The van der Waals surface area contributed by atoms with Gasteiger partial charge in [0.1, 0.15) is 0 Å². The number of nitrogens with one attached hydrogen (secondary N) is 1. The molecule has 1 aromatic carbocycles. The summed E-state index contributed by atoms with van der Waals surface area (Å²) in [4.78, 5) is 3.53. The molecule has 0 saturated carbocycles. The fourth-order valence-electron chi connectivity index (χ4n) is 1.54. The van der Waals surface area contributed by atoms with Crippen molar-refractivity contribution >= 4 is 21.4 Å². The Kier molecular flexibility index (Phi) is 3.39. The third-order valence-electron chi connectivity index (χ3n) is 2.43. The van der Waals surface area contributed by atoms with Crippen molar-refractivity contribution in [2.75, 3.05) is 10.5 Å². The van der Waals surface area contributed by atoms with Crippen LogP contribution in [-0.4, -0.2) is 13.4 Å². The molecule has 0 spiro atoms. The molecular weight excluding hydrogens is 269 g/mol. The highest BCUT2D eigenvalue weighted by Crippen LogP contribution is 2.23. The zero-order valence-corrected chi connectivity index (χ0v) is 10.9. The highest BCUT2D eigenvalue weighted by Gasteiger charge is 2.21. The number of hydrogen-bond donors (Lipinski definition) is 2. The van der Waals surface area contributed by atoms with Crippen LogP contribution in [-0.2, 0) is 10.0 Å². The molecule has 3 N–H and O–H groups in total. The lowest BCUT2D eigenvalue weighted by Crippen LogP contribution is -2.17. The summed E-state index contributed by atoms with van der Waals surface area (Å²) < 4.78 is 39.6. The second-order valence-electron chi connectivity index (χ2n) is 3.99. The van der Waals surface area contributed by atoms with Crippen molar-refractivity contribution in [3.63, 3.8) is 0 Å². The van der Waals surface area contributed by atoms with E-state index in [0.717, 1.165) is 11.6 Å². The predicted molar refractivity (Wildman–Crippen MR) is 70.6 cm³/mol. The Labute approximate surface area is 110 Å². The average molecular weight is 281 g/mol. The van der Waals surface area contributed by atoms with Gasteiger partial charge in [0, 0.05) is 6.20 Å². The van der Waals surface area contributed by atoms with Gasteiger partial charge >= 0.3 is 0 Å². The number of nitrogens with two attached hydrogens (primary N) is 1. The fourth-order valence-corrected chi connectivity index (χ4v) is 2.63. The van der Waals surface area contributed by atoms with Gasteiger partial charge in [-0.3, -0.25) is 4.72 Å². The van der Waals surface area contributed by atoms with Crippen molar-refractivity contribution in [2.45, 2.75) is 11.9 Å². The van der Waals surface area contributed by atoms with E-state index < -0.39 is 20.9 Å². The summed E-state index contributed by atoms with van der Waals surface area (Å²) in [6, 6.07) is 7.17. The molecule has 7 heteroatoms. The van der Waals surface area contributed by atoms with Crippen LogP contribution in [0.2, 0.25) is 0 Å². The van der Waals surface area contributed by atoms with Gasteiger partial charge in [0.25, 0.3) is 10.0 Å². The molecule has 0 bridgehead atoms. The SMILES string of the molecule is Cc1ccc(NS(=O)(=O)c2ncccc2F)c(N)c1. The average Bonchev–Trinajstić information content (AvgIpc) is 2.33. The molecule has 0 atom stereocenters.